The summed E-state index contributed by atoms with van der Waals surface area (Å²) in [5.74, 6) is 0.0887. The molecule has 0 aliphatic heterocycles. The van der Waals surface area contributed by atoms with Crippen molar-refractivity contribution >= 4 is 11.8 Å². The molecule has 17 heavy (non-hydrogen) atoms. The van der Waals surface area contributed by atoms with Crippen LogP contribution in [0.4, 0.5) is 11.8 Å². The number of hydrogen-bond acceptors (Lipinski definition) is 6. The Hall–Kier alpha value is -2.45. The standard InChI is InChI=1S/C8H11N7O2/c1-5-6(7(9)13(2)11-5)3-14-4-10-8(12-14)15(16)17/h4H,3,9H2,1-2H3. The minimum absolute atomic E-state index is 0.312. The van der Waals surface area contributed by atoms with Crippen molar-refractivity contribution in [3.8, 4) is 0 Å². The van der Waals surface area contributed by atoms with E-state index in [1.54, 1.807) is 11.7 Å². The van der Waals surface area contributed by atoms with Crippen LogP contribution in [-0.4, -0.2) is 29.5 Å². The van der Waals surface area contributed by atoms with E-state index in [0.29, 0.717) is 12.4 Å². The zero-order valence-electron chi connectivity index (χ0n) is 9.36. The Morgan fingerprint density at radius 1 is 1.53 bits per heavy atom. The molecule has 9 heteroatoms. The first kappa shape index (κ1) is 11.0. The maximum atomic E-state index is 10.4. The summed E-state index contributed by atoms with van der Waals surface area (Å²) in [7, 11) is 1.73. The molecule has 0 saturated heterocycles. The van der Waals surface area contributed by atoms with Gasteiger partial charge in [0.05, 0.1) is 12.2 Å². The molecule has 0 bridgehead atoms. The number of nitrogens with two attached hydrogens (primary N) is 1. The third kappa shape index (κ3) is 1.94. The Labute approximate surface area is 96.0 Å². The average molecular weight is 237 g/mol. The Morgan fingerprint density at radius 3 is 2.71 bits per heavy atom. The van der Waals surface area contributed by atoms with Gasteiger partial charge in [-0.05, 0) is 11.8 Å². The maximum Gasteiger partial charge on any atom is 0.490 e. The summed E-state index contributed by atoms with van der Waals surface area (Å²) in [5, 5.41) is 18.3. The highest BCUT2D eigenvalue weighted by atomic mass is 16.6. The van der Waals surface area contributed by atoms with Crippen LogP contribution in [0, 0.1) is 17.0 Å². The van der Waals surface area contributed by atoms with Crippen LogP contribution in [0.15, 0.2) is 6.33 Å². The van der Waals surface area contributed by atoms with Crippen LogP contribution in [-0.2, 0) is 13.6 Å². The number of nitrogen functional groups attached to an aromatic ring is 1. The second-order valence-corrected chi connectivity index (χ2v) is 3.57. The molecule has 0 aliphatic rings. The van der Waals surface area contributed by atoms with Gasteiger partial charge in [0.15, 0.2) is 0 Å². The van der Waals surface area contributed by atoms with Crippen molar-refractivity contribution < 1.29 is 4.92 Å². The Kier molecular flexibility index (Phi) is 2.50. The summed E-state index contributed by atoms with van der Waals surface area (Å²) in [6.07, 6.45) is 1.30. The van der Waals surface area contributed by atoms with Crippen LogP contribution in [0.3, 0.4) is 0 Å². The van der Waals surface area contributed by atoms with Crippen LogP contribution in [0.25, 0.3) is 0 Å². The normalized spacial score (nSPS) is 10.7. The fraction of sp³-hybridized carbons (Fsp3) is 0.375. The topological polar surface area (TPSA) is 118 Å². The lowest BCUT2D eigenvalue weighted by atomic mass is 10.2. The van der Waals surface area contributed by atoms with Gasteiger partial charge in [0, 0.05) is 17.7 Å². The average Bonchev–Trinajstić information content (AvgIpc) is 2.80. The van der Waals surface area contributed by atoms with Crippen LogP contribution in [0.1, 0.15) is 11.3 Å². The van der Waals surface area contributed by atoms with Crippen molar-refractivity contribution in [3.63, 3.8) is 0 Å². The number of nitro groups is 1. The molecule has 0 unspecified atom stereocenters. The van der Waals surface area contributed by atoms with Gasteiger partial charge in [0.2, 0.25) is 6.33 Å². The van der Waals surface area contributed by atoms with E-state index in [0.717, 1.165) is 11.3 Å². The van der Waals surface area contributed by atoms with Gasteiger partial charge in [-0.3, -0.25) is 4.68 Å². The molecule has 90 valence electrons. The first-order valence-electron chi connectivity index (χ1n) is 4.81. The van der Waals surface area contributed by atoms with Crippen LogP contribution < -0.4 is 5.73 Å². The van der Waals surface area contributed by atoms with Crippen molar-refractivity contribution in [2.24, 2.45) is 7.05 Å². The van der Waals surface area contributed by atoms with Crippen LogP contribution >= 0.6 is 0 Å². The predicted octanol–water partition coefficient (Wildman–Crippen LogP) is -0.141. The number of aryl methyl sites for hydroxylation is 2. The Morgan fingerprint density at radius 2 is 2.24 bits per heavy atom. The molecule has 2 aromatic rings. The molecular formula is C8H11N7O2. The van der Waals surface area contributed by atoms with Gasteiger partial charge in [-0.2, -0.15) is 9.78 Å². The van der Waals surface area contributed by atoms with E-state index in [2.05, 4.69) is 15.2 Å². The van der Waals surface area contributed by atoms with Crippen molar-refractivity contribution in [1.29, 1.82) is 0 Å². The largest absolute Gasteiger partial charge is 0.490 e. The van der Waals surface area contributed by atoms with Gasteiger partial charge in [-0.1, -0.05) is 4.98 Å². The van der Waals surface area contributed by atoms with E-state index >= 15 is 0 Å². The van der Waals surface area contributed by atoms with Gasteiger partial charge in [-0.15, -0.1) is 0 Å². The van der Waals surface area contributed by atoms with Gasteiger partial charge in [0.25, 0.3) is 0 Å². The Balaban J connectivity index is 2.28. The smallest absolute Gasteiger partial charge is 0.390 e. The van der Waals surface area contributed by atoms with Gasteiger partial charge in [-0.25, -0.2) is 0 Å². The van der Waals surface area contributed by atoms with Gasteiger partial charge < -0.3 is 15.8 Å². The number of nitrogens with zero attached hydrogens (tertiary/aromatic N) is 6. The molecule has 9 nitrogen and oxygen atoms in total. The van der Waals surface area contributed by atoms with Crippen molar-refractivity contribution in [3.05, 3.63) is 27.7 Å². The fourth-order valence-electron chi connectivity index (χ4n) is 1.52. The molecule has 0 saturated carbocycles. The third-order valence-electron chi connectivity index (χ3n) is 2.40. The minimum Gasteiger partial charge on any atom is -0.390 e. The number of rotatable bonds is 3. The first-order valence-corrected chi connectivity index (χ1v) is 4.81. The van der Waals surface area contributed by atoms with E-state index in [4.69, 9.17) is 5.73 Å². The maximum absolute atomic E-state index is 10.4. The zero-order chi connectivity index (χ0) is 12.6. The molecule has 0 amide bonds. The highest BCUT2D eigenvalue weighted by Gasteiger charge is 2.16. The zero-order valence-corrected chi connectivity index (χ0v) is 9.36. The highest BCUT2D eigenvalue weighted by molar-refractivity contribution is 5.42. The summed E-state index contributed by atoms with van der Waals surface area (Å²) in [6, 6.07) is 0. The molecule has 0 aromatic carbocycles. The summed E-state index contributed by atoms with van der Waals surface area (Å²) in [4.78, 5) is 13.4. The van der Waals surface area contributed by atoms with Gasteiger partial charge >= 0.3 is 5.95 Å². The lowest BCUT2D eigenvalue weighted by Crippen LogP contribution is -2.05. The molecule has 0 radical (unpaired) electrons. The summed E-state index contributed by atoms with van der Waals surface area (Å²) in [5.41, 5.74) is 7.37. The number of anilines is 1. The predicted molar refractivity (Wildman–Crippen MR) is 58.1 cm³/mol. The van der Waals surface area contributed by atoms with Crippen molar-refractivity contribution in [2.75, 3.05) is 5.73 Å². The van der Waals surface area contributed by atoms with Crippen LogP contribution in [0.2, 0.25) is 0 Å². The fourth-order valence-corrected chi connectivity index (χ4v) is 1.52. The molecular weight excluding hydrogens is 226 g/mol. The lowest BCUT2D eigenvalue weighted by molar-refractivity contribution is -0.394. The van der Waals surface area contributed by atoms with E-state index in [-0.39, 0.29) is 0 Å². The molecule has 0 spiro atoms. The SMILES string of the molecule is Cc1nn(C)c(N)c1Cn1cnc([N+](=O)[O-])n1. The van der Waals surface area contributed by atoms with Crippen molar-refractivity contribution in [2.45, 2.75) is 13.5 Å². The molecule has 2 rings (SSSR count). The Bertz CT molecular complexity index is 570. The molecule has 0 fully saturated rings. The van der Waals surface area contributed by atoms with Crippen LogP contribution in [0.5, 0.6) is 0 Å². The van der Waals surface area contributed by atoms with E-state index in [1.807, 2.05) is 6.92 Å². The second kappa shape index (κ2) is 3.85. The summed E-state index contributed by atoms with van der Waals surface area (Å²) < 4.78 is 2.91. The highest BCUT2D eigenvalue weighted by Crippen LogP contribution is 2.16. The number of hydrogen-bond donors (Lipinski definition) is 1. The van der Waals surface area contributed by atoms with E-state index in [1.165, 1.54) is 11.0 Å². The quantitative estimate of drug-likeness (QED) is 0.586. The van der Waals surface area contributed by atoms with Gasteiger partial charge in [0.1, 0.15) is 5.82 Å². The van der Waals surface area contributed by atoms with E-state index in [9.17, 15) is 10.1 Å². The molecule has 2 aromatic heterocycles. The second-order valence-electron chi connectivity index (χ2n) is 3.57. The first-order chi connectivity index (χ1) is 7.99. The van der Waals surface area contributed by atoms with Crippen molar-refractivity contribution in [1.82, 2.24) is 24.5 Å². The third-order valence-corrected chi connectivity index (χ3v) is 2.40. The lowest BCUT2D eigenvalue weighted by Gasteiger charge is -1.98. The minimum atomic E-state index is -0.643. The molecule has 2 N–H and O–H groups in total. The summed E-state index contributed by atoms with van der Waals surface area (Å²) in [6.45, 7) is 2.13. The molecule has 0 atom stereocenters. The molecule has 2 heterocycles. The van der Waals surface area contributed by atoms with E-state index < -0.39 is 10.9 Å². The number of aromatic nitrogens is 5. The monoisotopic (exact) mass is 237 g/mol. The molecule has 0 aliphatic carbocycles. The summed E-state index contributed by atoms with van der Waals surface area (Å²) >= 11 is 0.